The summed E-state index contributed by atoms with van der Waals surface area (Å²) < 4.78 is 1.41. The Bertz CT molecular complexity index is 210. The van der Waals surface area contributed by atoms with Gasteiger partial charge in [-0.3, -0.25) is 0 Å². The summed E-state index contributed by atoms with van der Waals surface area (Å²) in [4.78, 5) is 2.38. The van der Waals surface area contributed by atoms with Gasteiger partial charge in [0.05, 0.1) is 5.37 Å². The Morgan fingerprint density at radius 2 is 2.21 bits per heavy atom. The summed E-state index contributed by atoms with van der Waals surface area (Å²) in [5, 5.41) is 0.567. The standard InChI is InChI=1S/C10H19NS3/c1-5-8(14-10(2,3)4)11-6-7-13-9(11)12/h8H,5-7H2,1-4H3. The molecule has 0 spiro atoms. The quantitative estimate of drug-likeness (QED) is 0.703. The molecule has 1 unspecified atom stereocenters. The molecule has 1 rings (SSSR count). The van der Waals surface area contributed by atoms with Crippen molar-refractivity contribution in [3.63, 3.8) is 0 Å². The van der Waals surface area contributed by atoms with Gasteiger partial charge in [0.25, 0.3) is 0 Å². The summed E-state index contributed by atoms with van der Waals surface area (Å²) in [5.41, 5.74) is 0. The van der Waals surface area contributed by atoms with E-state index in [1.54, 1.807) is 0 Å². The van der Waals surface area contributed by atoms with E-state index in [0.717, 1.165) is 10.9 Å². The van der Waals surface area contributed by atoms with Crippen LogP contribution in [0.2, 0.25) is 0 Å². The van der Waals surface area contributed by atoms with Crippen LogP contribution in [0.1, 0.15) is 34.1 Å². The van der Waals surface area contributed by atoms with Crippen molar-refractivity contribution in [2.75, 3.05) is 12.3 Å². The van der Waals surface area contributed by atoms with Crippen LogP contribution in [0, 0.1) is 0 Å². The summed E-state index contributed by atoms with van der Waals surface area (Å²) >= 11 is 9.19. The largest absolute Gasteiger partial charge is 0.345 e. The molecule has 14 heavy (non-hydrogen) atoms. The van der Waals surface area contributed by atoms with Gasteiger partial charge in [0.15, 0.2) is 0 Å². The predicted octanol–water partition coefficient (Wildman–Crippen LogP) is 3.59. The predicted molar refractivity (Wildman–Crippen MR) is 73.2 cm³/mol. The number of hydrogen-bond acceptors (Lipinski definition) is 3. The molecule has 0 amide bonds. The monoisotopic (exact) mass is 249 g/mol. The Kier molecular flexibility index (Phi) is 4.59. The molecule has 0 aromatic heterocycles. The lowest BCUT2D eigenvalue weighted by Crippen LogP contribution is -2.35. The Morgan fingerprint density at radius 3 is 2.57 bits per heavy atom. The van der Waals surface area contributed by atoms with E-state index in [2.05, 4.69) is 32.6 Å². The minimum atomic E-state index is 0.323. The summed E-state index contributed by atoms with van der Waals surface area (Å²) in [7, 11) is 0. The molecular weight excluding hydrogens is 230 g/mol. The fourth-order valence-electron chi connectivity index (χ4n) is 1.44. The fraction of sp³-hybridized carbons (Fsp3) is 0.900. The smallest absolute Gasteiger partial charge is 0.137 e. The highest BCUT2D eigenvalue weighted by atomic mass is 32.2. The third kappa shape index (κ3) is 3.63. The number of nitrogens with zero attached hydrogens (tertiary/aromatic N) is 1. The lowest BCUT2D eigenvalue weighted by molar-refractivity contribution is 0.428. The van der Waals surface area contributed by atoms with Crippen molar-refractivity contribution in [1.29, 1.82) is 0 Å². The van der Waals surface area contributed by atoms with Gasteiger partial charge in [0.2, 0.25) is 0 Å². The Labute approximate surface area is 101 Å². The van der Waals surface area contributed by atoms with E-state index in [1.165, 1.54) is 12.2 Å². The number of thioether (sulfide) groups is 2. The molecule has 4 heteroatoms. The van der Waals surface area contributed by atoms with Gasteiger partial charge in [0.1, 0.15) is 4.32 Å². The van der Waals surface area contributed by atoms with Crippen LogP contribution in [0.25, 0.3) is 0 Å². The zero-order chi connectivity index (χ0) is 10.8. The van der Waals surface area contributed by atoms with Gasteiger partial charge in [-0.15, -0.1) is 11.8 Å². The van der Waals surface area contributed by atoms with Crippen LogP contribution in [0.4, 0.5) is 0 Å². The number of rotatable bonds is 3. The first-order valence-corrected chi connectivity index (χ1v) is 7.32. The first-order valence-electron chi connectivity index (χ1n) is 5.05. The molecule has 1 fully saturated rings. The molecule has 1 heterocycles. The van der Waals surface area contributed by atoms with E-state index in [1.807, 2.05) is 23.5 Å². The highest BCUT2D eigenvalue weighted by molar-refractivity contribution is 8.23. The molecule has 0 aliphatic carbocycles. The molecule has 82 valence electrons. The minimum absolute atomic E-state index is 0.323. The molecule has 1 saturated heterocycles. The average Bonchev–Trinajstić information content (AvgIpc) is 2.45. The molecule has 0 aromatic carbocycles. The van der Waals surface area contributed by atoms with E-state index in [-0.39, 0.29) is 0 Å². The van der Waals surface area contributed by atoms with E-state index in [0.29, 0.717) is 10.1 Å². The van der Waals surface area contributed by atoms with E-state index in [4.69, 9.17) is 12.2 Å². The average molecular weight is 249 g/mol. The van der Waals surface area contributed by atoms with E-state index in [9.17, 15) is 0 Å². The normalized spacial score (nSPS) is 20.3. The van der Waals surface area contributed by atoms with Gasteiger partial charge in [-0.2, -0.15) is 0 Å². The van der Waals surface area contributed by atoms with Crippen LogP contribution in [0.3, 0.4) is 0 Å². The Hall–Kier alpha value is 0.590. The van der Waals surface area contributed by atoms with Crippen molar-refractivity contribution in [1.82, 2.24) is 4.90 Å². The number of thiocarbonyl (C=S) groups is 1. The van der Waals surface area contributed by atoms with Crippen LogP contribution < -0.4 is 0 Å². The Morgan fingerprint density at radius 1 is 1.57 bits per heavy atom. The SMILES string of the molecule is CCC(SC(C)(C)C)N1CCSC1=S. The van der Waals surface area contributed by atoms with Gasteiger partial charge in [-0.05, 0) is 6.42 Å². The summed E-state index contributed by atoms with van der Waals surface area (Å²) in [5.74, 6) is 1.17. The third-order valence-electron chi connectivity index (χ3n) is 1.98. The first-order chi connectivity index (χ1) is 6.44. The molecule has 1 aliphatic heterocycles. The van der Waals surface area contributed by atoms with Crippen molar-refractivity contribution >= 4 is 40.1 Å². The van der Waals surface area contributed by atoms with Crippen molar-refractivity contribution in [2.45, 2.75) is 44.2 Å². The summed E-state index contributed by atoms with van der Waals surface area (Å²) in [6.45, 7) is 10.2. The van der Waals surface area contributed by atoms with Crippen LogP contribution in [-0.2, 0) is 0 Å². The molecule has 1 nitrogen and oxygen atoms in total. The maximum absolute atomic E-state index is 5.35. The van der Waals surface area contributed by atoms with Gasteiger partial charge in [-0.1, -0.05) is 51.7 Å². The molecule has 1 aliphatic rings. The second kappa shape index (κ2) is 5.08. The van der Waals surface area contributed by atoms with E-state index < -0.39 is 0 Å². The third-order valence-corrected chi connectivity index (χ3v) is 5.00. The van der Waals surface area contributed by atoms with Crippen LogP contribution in [0.5, 0.6) is 0 Å². The zero-order valence-electron chi connectivity index (χ0n) is 9.37. The second-order valence-electron chi connectivity index (χ2n) is 4.40. The lowest BCUT2D eigenvalue weighted by Gasteiger charge is -2.32. The van der Waals surface area contributed by atoms with Crippen molar-refractivity contribution in [2.24, 2.45) is 0 Å². The Balaban J connectivity index is 2.57. The van der Waals surface area contributed by atoms with E-state index >= 15 is 0 Å². The van der Waals surface area contributed by atoms with Crippen molar-refractivity contribution < 1.29 is 0 Å². The van der Waals surface area contributed by atoms with Crippen LogP contribution >= 0.6 is 35.7 Å². The minimum Gasteiger partial charge on any atom is -0.345 e. The van der Waals surface area contributed by atoms with Gasteiger partial charge in [-0.25, -0.2) is 0 Å². The molecule has 0 bridgehead atoms. The molecule has 0 radical (unpaired) electrons. The van der Waals surface area contributed by atoms with Crippen LogP contribution in [-0.4, -0.2) is 31.6 Å². The number of hydrogen-bond donors (Lipinski definition) is 0. The van der Waals surface area contributed by atoms with Crippen LogP contribution in [0.15, 0.2) is 0 Å². The summed E-state index contributed by atoms with van der Waals surface area (Å²) in [6, 6.07) is 0. The van der Waals surface area contributed by atoms with Gasteiger partial charge in [0, 0.05) is 17.0 Å². The molecule has 0 aromatic rings. The van der Waals surface area contributed by atoms with Crippen molar-refractivity contribution in [3.8, 4) is 0 Å². The first kappa shape index (κ1) is 12.7. The molecular formula is C10H19NS3. The molecule has 1 atom stereocenters. The highest BCUT2D eigenvalue weighted by Crippen LogP contribution is 2.35. The highest BCUT2D eigenvalue weighted by Gasteiger charge is 2.28. The van der Waals surface area contributed by atoms with Gasteiger partial charge < -0.3 is 4.90 Å². The maximum atomic E-state index is 5.35. The molecule has 0 saturated carbocycles. The summed E-state index contributed by atoms with van der Waals surface area (Å²) in [6.07, 6.45) is 1.17. The molecule has 0 N–H and O–H groups in total. The maximum Gasteiger partial charge on any atom is 0.137 e. The second-order valence-corrected chi connectivity index (χ2v) is 8.13. The fourth-order valence-corrected chi connectivity index (χ4v) is 4.21. The lowest BCUT2D eigenvalue weighted by atomic mass is 10.3. The van der Waals surface area contributed by atoms with Crippen molar-refractivity contribution in [3.05, 3.63) is 0 Å². The zero-order valence-corrected chi connectivity index (χ0v) is 11.8. The van der Waals surface area contributed by atoms with Gasteiger partial charge >= 0.3 is 0 Å². The topological polar surface area (TPSA) is 3.24 Å².